The zero-order valence-electron chi connectivity index (χ0n) is 15.9. The molecule has 0 aliphatic carbocycles. The largest absolute Gasteiger partial charge is 0.318 e. The van der Waals surface area contributed by atoms with Gasteiger partial charge in [0, 0.05) is 22.6 Å². The van der Waals surface area contributed by atoms with Crippen LogP contribution in [-0.4, -0.2) is 16.7 Å². The molecule has 0 spiro atoms. The second-order valence-corrected chi connectivity index (χ2v) is 6.69. The number of hydrazone groups is 1. The van der Waals surface area contributed by atoms with E-state index >= 15 is 0 Å². The first-order valence-electron chi connectivity index (χ1n) is 8.72. The summed E-state index contributed by atoms with van der Waals surface area (Å²) in [4.78, 5) is 12.0. The Kier molecular flexibility index (Phi) is 5.21. The number of hydrogen-bond acceptors (Lipinski definition) is 2. The Labute approximate surface area is 158 Å². The average molecular weight is 363 g/mol. The van der Waals surface area contributed by atoms with Gasteiger partial charge in [0.2, 0.25) is 0 Å². The van der Waals surface area contributed by atoms with E-state index in [9.17, 15) is 9.18 Å². The van der Waals surface area contributed by atoms with Gasteiger partial charge in [0.1, 0.15) is 5.82 Å². The first kappa shape index (κ1) is 18.6. The number of carbonyl (C=O) groups excluding carboxylic acids is 1. The van der Waals surface area contributed by atoms with Gasteiger partial charge in [-0.2, -0.15) is 5.10 Å². The van der Waals surface area contributed by atoms with Gasteiger partial charge < -0.3 is 4.57 Å². The van der Waals surface area contributed by atoms with E-state index < -0.39 is 11.7 Å². The average Bonchev–Trinajstić information content (AvgIpc) is 2.88. The normalized spacial score (nSPS) is 11.1. The quantitative estimate of drug-likeness (QED) is 0.534. The van der Waals surface area contributed by atoms with Crippen molar-refractivity contribution in [2.75, 3.05) is 0 Å². The van der Waals surface area contributed by atoms with Crippen molar-refractivity contribution in [3.05, 3.63) is 88.0 Å². The van der Waals surface area contributed by atoms with Crippen LogP contribution in [0.2, 0.25) is 0 Å². The fourth-order valence-electron chi connectivity index (χ4n) is 3.26. The highest BCUT2D eigenvalue weighted by molar-refractivity contribution is 5.95. The highest BCUT2D eigenvalue weighted by Crippen LogP contribution is 2.21. The summed E-state index contributed by atoms with van der Waals surface area (Å²) in [7, 11) is 0. The number of rotatable bonds is 4. The molecule has 1 aromatic heterocycles. The van der Waals surface area contributed by atoms with Crippen LogP contribution >= 0.6 is 0 Å². The summed E-state index contributed by atoms with van der Waals surface area (Å²) >= 11 is 0. The molecule has 0 bridgehead atoms. The first-order valence-corrected chi connectivity index (χ1v) is 8.72. The molecule has 0 atom stereocenters. The van der Waals surface area contributed by atoms with Crippen molar-refractivity contribution in [3.63, 3.8) is 0 Å². The second-order valence-electron chi connectivity index (χ2n) is 6.69. The summed E-state index contributed by atoms with van der Waals surface area (Å²) in [6.07, 6.45) is 1.58. The van der Waals surface area contributed by atoms with Gasteiger partial charge in [0.25, 0.3) is 5.91 Å². The highest BCUT2D eigenvalue weighted by Gasteiger charge is 2.11. The summed E-state index contributed by atoms with van der Waals surface area (Å²) in [6.45, 7) is 8.18. The minimum Gasteiger partial charge on any atom is -0.318 e. The number of aromatic nitrogens is 1. The number of halogens is 1. The van der Waals surface area contributed by atoms with Gasteiger partial charge >= 0.3 is 0 Å². The molecular weight excluding hydrogens is 341 g/mol. The maximum Gasteiger partial charge on any atom is 0.274 e. The minimum absolute atomic E-state index is 0.0321. The Morgan fingerprint density at radius 2 is 1.70 bits per heavy atom. The Bertz CT molecular complexity index is 1010. The van der Waals surface area contributed by atoms with Crippen molar-refractivity contribution in [1.29, 1.82) is 0 Å². The Morgan fingerprint density at radius 3 is 2.37 bits per heavy atom. The molecule has 1 amide bonds. The van der Waals surface area contributed by atoms with E-state index in [0.717, 1.165) is 22.6 Å². The lowest BCUT2D eigenvalue weighted by Crippen LogP contribution is -2.18. The van der Waals surface area contributed by atoms with Gasteiger partial charge in [-0.3, -0.25) is 4.79 Å². The molecule has 0 saturated heterocycles. The number of hydrogen-bond donors (Lipinski definition) is 1. The van der Waals surface area contributed by atoms with E-state index in [2.05, 4.69) is 47.1 Å². The standard InChI is InChI=1S/C22H22FN3O/c1-14-9-15(2)11-19(10-14)26-16(3)12-18(17(26)4)13-24-25-22(27)20-7-5-6-8-21(20)23/h5-13H,1-4H3,(H,25,27)/b24-13-. The number of amides is 1. The fourth-order valence-corrected chi connectivity index (χ4v) is 3.26. The van der Waals surface area contributed by atoms with Crippen molar-refractivity contribution in [2.24, 2.45) is 5.10 Å². The van der Waals surface area contributed by atoms with Crippen LogP contribution in [0, 0.1) is 33.5 Å². The summed E-state index contributed by atoms with van der Waals surface area (Å²) in [6, 6.07) is 14.2. The molecule has 2 aromatic carbocycles. The Hall–Kier alpha value is -3.21. The lowest BCUT2D eigenvalue weighted by Gasteiger charge is -2.11. The van der Waals surface area contributed by atoms with Crippen molar-refractivity contribution < 1.29 is 9.18 Å². The molecule has 0 aliphatic rings. The van der Waals surface area contributed by atoms with Gasteiger partial charge in [-0.1, -0.05) is 18.2 Å². The number of carbonyl (C=O) groups is 1. The predicted molar refractivity (Wildman–Crippen MR) is 106 cm³/mol. The van der Waals surface area contributed by atoms with Crippen molar-refractivity contribution in [3.8, 4) is 5.69 Å². The number of aryl methyl sites for hydroxylation is 3. The molecular formula is C22H22FN3O. The van der Waals surface area contributed by atoms with Crippen LogP contribution in [0.1, 0.15) is 38.4 Å². The van der Waals surface area contributed by atoms with Gasteiger partial charge in [0.15, 0.2) is 0 Å². The summed E-state index contributed by atoms with van der Waals surface area (Å²) in [5.41, 5.74) is 8.82. The third-order valence-electron chi connectivity index (χ3n) is 4.42. The molecule has 0 saturated carbocycles. The van der Waals surface area contributed by atoms with Gasteiger partial charge in [0.05, 0.1) is 11.8 Å². The van der Waals surface area contributed by atoms with E-state index in [4.69, 9.17) is 0 Å². The summed E-state index contributed by atoms with van der Waals surface area (Å²) in [5.74, 6) is -1.15. The Morgan fingerprint density at radius 1 is 1.04 bits per heavy atom. The van der Waals surface area contributed by atoms with Crippen molar-refractivity contribution in [2.45, 2.75) is 27.7 Å². The molecule has 0 aliphatic heterocycles. The van der Waals surface area contributed by atoms with Crippen molar-refractivity contribution in [1.82, 2.24) is 9.99 Å². The summed E-state index contributed by atoms with van der Waals surface area (Å²) in [5, 5.41) is 4.00. The lowest BCUT2D eigenvalue weighted by atomic mass is 10.1. The van der Waals surface area contributed by atoms with E-state index in [-0.39, 0.29) is 5.56 Å². The van der Waals surface area contributed by atoms with E-state index in [0.29, 0.717) is 0 Å². The van der Waals surface area contributed by atoms with Crippen LogP contribution in [0.25, 0.3) is 5.69 Å². The predicted octanol–water partition coefficient (Wildman–Crippen LogP) is 4.61. The molecule has 138 valence electrons. The van der Waals surface area contributed by atoms with Gasteiger partial charge in [-0.25, -0.2) is 9.82 Å². The minimum atomic E-state index is -0.576. The first-order chi connectivity index (χ1) is 12.9. The second kappa shape index (κ2) is 7.58. The third kappa shape index (κ3) is 3.97. The van der Waals surface area contributed by atoms with E-state index in [1.54, 1.807) is 12.3 Å². The monoisotopic (exact) mass is 363 g/mol. The van der Waals surface area contributed by atoms with E-state index in [1.165, 1.54) is 29.3 Å². The third-order valence-corrected chi connectivity index (χ3v) is 4.42. The van der Waals surface area contributed by atoms with Crippen LogP contribution in [0.3, 0.4) is 0 Å². The SMILES string of the molecule is Cc1cc(C)cc(-n2c(C)cc(/C=N\NC(=O)c3ccccc3F)c2C)c1. The maximum absolute atomic E-state index is 13.6. The molecule has 5 heteroatoms. The number of nitrogens with zero attached hydrogens (tertiary/aromatic N) is 2. The molecule has 3 aromatic rings. The van der Waals surface area contributed by atoms with Crippen LogP contribution in [0.5, 0.6) is 0 Å². The van der Waals surface area contributed by atoms with Gasteiger partial charge in [-0.15, -0.1) is 0 Å². The molecule has 0 unspecified atom stereocenters. The maximum atomic E-state index is 13.6. The van der Waals surface area contributed by atoms with Gasteiger partial charge in [-0.05, 0) is 69.2 Å². The highest BCUT2D eigenvalue weighted by atomic mass is 19.1. The molecule has 1 heterocycles. The molecule has 0 radical (unpaired) electrons. The lowest BCUT2D eigenvalue weighted by molar-refractivity contribution is 0.0951. The number of benzene rings is 2. The Balaban J connectivity index is 1.83. The summed E-state index contributed by atoms with van der Waals surface area (Å²) < 4.78 is 15.8. The van der Waals surface area contributed by atoms with Crippen LogP contribution in [0.15, 0.2) is 53.6 Å². The number of nitrogens with one attached hydrogen (secondary N) is 1. The zero-order valence-corrected chi connectivity index (χ0v) is 15.9. The molecule has 3 rings (SSSR count). The molecule has 27 heavy (non-hydrogen) atoms. The van der Waals surface area contributed by atoms with Crippen molar-refractivity contribution >= 4 is 12.1 Å². The van der Waals surface area contributed by atoms with Crippen LogP contribution in [0.4, 0.5) is 4.39 Å². The molecule has 0 fully saturated rings. The molecule has 1 N–H and O–H groups in total. The zero-order chi connectivity index (χ0) is 19.6. The van der Waals surface area contributed by atoms with E-state index in [1.807, 2.05) is 19.9 Å². The van der Waals surface area contributed by atoms with Crippen LogP contribution in [-0.2, 0) is 0 Å². The molecule has 4 nitrogen and oxygen atoms in total. The smallest absolute Gasteiger partial charge is 0.274 e. The fraction of sp³-hybridized carbons (Fsp3) is 0.182. The topological polar surface area (TPSA) is 46.4 Å². The van der Waals surface area contributed by atoms with Crippen LogP contribution < -0.4 is 5.43 Å².